The van der Waals surface area contributed by atoms with Crippen molar-refractivity contribution >= 4 is 75.1 Å². The number of rotatable bonds is 9. The van der Waals surface area contributed by atoms with Gasteiger partial charge < -0.3 is 5.32 Å². The number of hydrazine groups is 1. The number of alkyl halides is 1. The van der Waals surface area contributed by atoms with Crippen molar-refractivity contribution in [2.75, 3.05) is 22.4 Å². The lowest BCUT2D eigenvalue weighted by molar-refractivity contribution is -0.126. The molecule has 1 aromatic carbocycles. The van der Waals surface area contributed by atoms with E-state index in [1.54, 1.807) is 29.6 Å². The van der Waals surface area contributed by atoms with Crippen molar-refractivity contribution in [1.82, 2.24) is 30.7 Å². The molecule has 0 bridgehead atoms. The van der Waals surface area contributed by atoms with Crippen LogP contribution in [0, 0.1) is 0 Å². The van der Waals surface area contributed by atoms with Gasteiger partial charge in [-0.2, -0.15) is 0 Å². The fraction of sp³-hybridized carbons (Fsp3) is 0.211. The predicted molar refractivity (Wildman–Crippen MR) is 132 cm³/mol. The zero-order valence-electron chi connectivity index (χ0n) is 18.0. The molecule has 0 unspecified atom stereocenters. The van der Waals surface area contributed by atoms with Crippen LogP contribution in [0.25, 0.3) is 0 Å². The Kier molecular flexibility index (Phi) is 9.42. The normalized spacial score (nSPS) is 10.5. The molecule has 3 aromatic rings. The van der Waals surface area contributed by atoms with E-state index < -0.39 is 17.7 Å². The van der Waals surface area contributed by atoms with Gasteiger partial charge in [0, 0.05) is 22.9 Å². The molecule has 0 aliphatic heterocycles. The van der Waals surface area contributed by atoms with Crippen molar-refractivity contribution in [2.24, 2.45) is 0 Å². The number of nitrogens with zero attached hydrogens (tertiary/aromatic N) is 4. The Balaban J connectivity index is 1.79. The summed E-state index contributed by atoms with van der Waals surface area (Å²) in [5.41, 5.74) is 8.05. The lowest BCUT2D eigenvalue weighted by Gasteiger charge is -2.11. The molecule has 0 aliphatic carbocycles. The molecular weight excluding hydrogens is 539 g/mol. The van der Waals surface area contributed by atoms with Crippen LogP contribution >= 0.6 is 46.3 Å². The zero-order chi connectivity index (χ0) is 25.4. The van der Waals surface area contributed by atoms with Crippen LogP contribution in [0.5, 0.6) is 0 Å². The van der Waals surface area contributed by atoms with E-state index in [0.29, 0.717) is 27.2 Å². The van der Waals surface area contributed by atoms with Crippen molar-refractivity contribution in [3.8, 4) is 0 Å². The quantitative estimate of drug-likeness (QED) is 0.176. The minimum atomic E-state index is -0.482. The molecular formula is C19H18Cl2N8O4S2. The maximum absolute atomic E-state index is 12.8. The van der Waals surface area contributed by atoms with Crippen molar-refractivity contribution in [2.45, 2.75) is 18.5 Å². The van der Waals surface area contributed by atoms with Crippen molar-refractivity contribution in [1.29, 1.82) is 0 Å². The third-order valence-electron chi connectivity index (χ3n) is 3.99. The van der Waals surface area contributed by atoms with Gasteiger partial charge in [-0.1, -0.05) is 23.4 Å². The average molecular weight is 557 g/mol. The van der Waals surface area contributed by atoms with Gasteiger partial charge in [0.25, 0.3) is 5.91 Å². The predicted octanol–water partition coefficient (Wildman–Crippen LogP) is 1.80. The Hall–Kier alpha value is -3.20. The minimum absolute atomic E-state index is 0.111. The highest BCUT2D eigenvalue weighted by Gasteiger charge is 2.19. The molecule has 16 heteroatoms. The van der Waals surface area contributed by atoms with Gasteiger partial charge in [0.1, 0.15) is 5.88 Å². The van der Waals surface area contributed by atoms with Gasteiger partial charge in [0.2, 0.25) is 22.9 Å². The molecule has 0 spiro atoms. The van der Waals surface area contributed by atoms with E-state index in [0.717, 1.165) is 11.8 Å². The lowest BCUT2D eigenvalue weighted by Crippen LogP contribution is -2.41. The third kappa shape index (κ3) is 7.92. The number of carbonyl (C=O) groups is 4. The van der Waals surface area contributed by atoms with Gasteiger partial charge >= 0.3 is 0 Å². The van der Waals surface area contributed by atoms with Crippen LogP contribution in [0.1, 0.15) is 28.8 Å². The Morgan fingerprint density at radius 2 is 1.83 bits per heavy atom. The first-order valence-corrected chi connectivity index (χ1v) is 12.5. The second-order valence-electron chi connectivity index (χ2n) is 6.70. The molecule has 0 saturated carbocycles. The first-order chi connectivity index (χ1) is 16.7. The monoisotopic (exact) mass is 556 g/mol. The number of halogens is 2. The number of hydrogen-bond donors (Lipinski definition) is 4. The maximum Gasteiger partial charge on any atom is 0.270 e. The van der Waals surface area contributed by atoms with E-state index >= 15 is 0 Å². The number of amides is 4. The summed E-state index contributed by atoms with van der Waals surface area (Å²) < 4.78 is 1.35. The second-order valence-corrected chi connectivity index (χ2v) is 9.21. The zero-order valence-corrected chi connectivity index (χ0v) is 21.1. The minimum Gasteiger partial charge on any atom is -0.301 e. The summed E-state index contributed by atoms with van der Waals surface area (Å²) in [5.74, 6) is -1.73. The van der Waals surface area contributed by atoms with Crippen LogP contribution in [-0.2, 0) is 20.8 Å². The number of thiazole rings is 1. The standard InChI is InChI=1S/C19H18Cl2N8O4S2/c1-10(30)24-26-16(32)9-35-19-27-25-14(6-13-8-34-18(22-13)23-15(31)7-20)29(19)28-17(33)11-2-4-12(21)5-3-11/h2-5,8H,6-7,9H2,1H3,(H,24,30)(H,26,32)(H,28,33)(H,22,23,31). The molecule has 4 N–H and O–H groups in total. The molecule has 0 atom stereocenters. The molecule has 0 aliphatic rings. The van der Waals surface area contributed by atoms with Gasteiger partial charge in [0.05, 0.1) is 17.9 Å². The summed E-state index contributed by atoms with van der Waals surface area (Å²) in [5, 5.41) is 13.5. The molecule has 0 saturated heterocycles. The van der Waals surface area contributed by atoms with Crippen LogP contribution in [0.3, 0.4) is 0 Å². The lowest BCUT2D eigenvalue weighted by atomic mass is 10.2. The van der Waals surface area contributed by atoms with E-state index in [2.05, 4.69) is 36.8 Å². The molecule has 12 nitrogen and oxygen atoms in total. The molecule has 2 aromatic heterocycles. The largest absolute Gasteiger partial charge is 0.301 e. The Bertz CT molecular complexity index is 1230. The molecule has 184 valence electrons. The number of carbonyl (C=O) groups excluding carboxylic acids is 4. The molecule has 2 heterocycles. The fourth-order valence-corrected chi connectivity index (χ4v) is 4.10. The average Bonchev–Trinajstić information content (AvgIpc) is 3.43. The van der Waals surface area contributed by atoms with Crippen LogP contribution < -0.4 is 21.6 Å². The number of anilines is 1. The van der Waals surface area contributed by atoms with E-state index in [4.69, 9.17) is 23.2 Å². The molecule has 3 rings (SSSR count). The Morgan fingerprint density at radius 3 is 2.51 bits per heavy atom. The number of benzene rings is 1. The number of nitrogens with one attached hydrogen (secondary N) is 4. The highest BCUT2D eigenvalue weighted by atomic mass is 35.5. The number of aromatic nitrogens is 4. The number of hydrogen-bond acceptors (Lipinski definition) is 9. The SMILES string of the molecule is CC(=O)NNC(=O)CSc1nnc(Cc2csc(NC(=O)CCl)n2)n1NC(=O)c1ccc(Cl)cc1. The molecule has 0 radical (unpaired) electrons. The summed E-state index contributed by atoms with van der Waals surface area (Å²) in [7, 11) is 0. The van der Waals surface area contributed by atoms with E-state index in [1.165, 1.54) is 22.9 Å². The van der Waals surface area contributed by atoms with E-state index in [9.17, 15) is 19.2 Å². The Morgan fingerprint density at radius 1 is 1.09 bits per heavy atom. The Labute approximate surface area is 217 Å². The van der Waals surface area contributed by atoms with Crippen LogP contribution in [0.2, 0.25) is 5.02 Å². The van der Waals surface area contributed by atoms with Crippen LogP contribution in [0.4, 0.5) is 5.13 Å². The van der Waals surface area contributed by atoms with Gasteiger partial charge in [-0.25, -0.2) is 9.66 Å². The number of thioether (sulfide) groups is 1. The summed E-state index contributed by atoms with van der Waals surface area (Å²) in [4.78, 5) is 51.5. The third-order valence-corrected chi connectivity index (χ3v) is 6.22. The second kappa shape index (κ2) is 12.5. The van der Waals surface area contributed by atoms with Crippen molar-refractivity contribution in [3.63, 3.8) is 0 Å². The summed E-state index contributed by atoms with van der Waals surface area (Å²) in [6, 6.07) is 6.28. The van der Waals surface area contributed by atoms with Gasteiger partial charge in [-0.15, -0.1) is 33.1 Å². The smallest absolute Gasteiger partial charge is 0.270 e. The first-order valence-electron chi connectivity index (χ1n) is 9.74. The highest BCUT2D eigenvalue weighted by Crippen LogP contribution is 2.21. The maximum atomic E-state index is 12.8. The molecule has 4 amide bonds. The van der Waals surface area contributed by atoms with E-state index in [1.807, 2.05) is 0 Å². The van der Waals surface area contributed by atoms with Crippen LogP contribution in [0.15, 0.2) is 34.8 Å². The summed E-state index contributed by atoms with van der Waals surface area (Å²) >= 11 is 13.6. The molecule has 0 fully saturated rings. The van der Waals surface area contributed by atoms with Gasteiger partial charge in [-0.05, 0) is 24.3 Å². The van der Waals surface area contributed by atoms with Crippen molar-refractivity contribution < 1.29 is 19.2 Å². The fourth-order valence-electron chi connectivity index (χ4n) is 2.47. The highest BCUT2D eigenvalue weighted by molar-refractivity contribution is 7.99. The first kappa shape index (κ1) is 26.4. The summed E-state index contributed by atoms with van der Waals surface area (Å²) in [6.07, 6.45) is 0.166. The van der Waals surface area contributed by atoms with Gasteiger partial charge in [-0.3, -0.25) is 35.5 Å². The molecule has 35 heavy (non-hydrogen) atoms. The van der Waals surface area contributed by atoms with Crippen molar-refractivity contribution in [3.05, 3.63) is 51.7 Å². The van der Waals surface area contributed by atoms with Crippen LogP contribution in [-0.4, -0.2) is 55.1 Å². The summed E-state index contributed by atoms with van der Waals surface area (Å²) in [6.45, 7) is 1.26. The van der Waals surface area contributed by atoms with Gasteiger partial charge in [0.15, 0.2) is 11.0 Å². The topological polar surface area (TPSA) is 160 Å². The van der Waals surface area contributed by atoms with E-state index in [-0.39, 0.29) is 29.1 Å².